The maximum atomic E-state index is 12.4. The number of benzene rings is 1. The van der Waals surface area contributed by atoms with Crippen LogP contribution >= 0.6 is 11.6 Å². The Labute approximate surface area is 156 Å². The standard InChI is InChI=1S/C17H25ClN2O3.C2H6/c1-13-6-4-7-14(10-13)17(2,16(21)11-18)9-5-8-15(12-19-3)23-20-22;1-2/h4,6-7,10,15,19H,5,8-9,11-12H2,1-3H3;1-2H3. The van der Waals surface area contributed by atoms with Gasteiger partial charge in [0.2, 0.25) is 0 Å². The van der Waals surface area contributed by atoms with E-state index in [1.54, 1.807) is 7.05 Å². The molecule has 0 amide bonds. The van der Waals surface area contributed by atoms with Crippen molar-refractivity contribution in [1.82, 2.24) is 5.32 Å². The molecule has 1 N–H and O–H groups in total. The van der Waals surface area contributed by atoms with Crippen LogP contribution in [0.2, 0.25) is 0 Å². The number of Topliss-reactive ketones (excluding diaryl/α,β-unsaturated/α-hetero) is 1. The predicted molar refractivity (Wildman–Crippen MR) is 104 cm³/mol. The topological polar surface area (TPSA) is 67.8 Å². The Hall–Kier alpha value is -1.46. The molecule has 2 atom stereocenters. The first kappa shape index (κ1) is 23.5. The Morgan fingerprint density at radius 1 is 1.40 bits per heavy atom. The van der Waals surface area contributed by atoms with Gasteiger partial charge in [-0.15, -0.1) is 16.5 Å². The van der Waals surface area contributed by atoms with Crippen molar-refractivity contribution in [3.05, 3.63) is 40.3 Å². The molecule has 0 aromatic heterocycles. The molecular weight excluding hydrogens is 340 g/mol. The van der Waals surface area contributed by atoms with Gasteiger partial charge in [-0.1, -0.05) is 43.7 Å². The van der Waals surface area contributed by atoms with Crippen molar-refractivity contribution in [2.75, 3.05) is 19.5 Å². The molecule has 0 aliphatic carbocycles. The summed E-state index contributed by atoms with van der Waals surface area (Å²) in [6, 6.07) is 7.94. The summed E-state index contributed by atoms with van der Waals surface area (Å²) in [5, 5.41) is 5.47. The number of nitrogens with one attached hydrogen (secondary N) is 1. The number of ketones is 1. The Morgan fingerprint density at radius 3 is 2.60 bits per heavy atom. The summed E-state index contributed by atoms with van der Waals surface area (Å²) < 4.78 is 0. The largest absolute Gasteiger partial charge is 0.359 e. The van der Waals surface area contributed by atoms with Crippen LogP contribution in [-0.4, -0.2) is 31.4 Å². The number of nitrogens with zero attached hydrogens (tertiary/aromatic N) is 1. The third-order valence-electron chi connectivity index (χ3n) is 4.22. The molecule has 0 fully saturated rings. The smallest absolute Gasteiger partial charge is 0.157 e. The van der Waals surface area contributed by atoms with Gasteiger partial charge in [0.25, 0.3) is 0 Å². The van der Waals surface area contributed by atoms with Gasteiger partial charge in [0.05, 0.1) is 11.3 Å². The van der Waals surface area contributed by atoms with Gasteiger partial charge in [-0.05, 0) is 45.7 Å². The fraction of sp³-hybridized carbons (Fsp3) is 0.632. The summed E-state index contributed by atoms with van der Waals surface area (Å²) in [5.41, 5.74) is 1.45. The maximum Gasteiger partial charge on any atom is 0.157 e. The van der Waals surface area contributed by atoms with Gasteiger partial charge in [-0.3, -0.25) is 4.79 Å². The molecule has 0 bridgehead atoms. The molecule has 1 aromatic rings. The second kappa shape index (κ2) is 12.8. The van der Waals surface area contributed by atoms with E-state index in [4.69, 9.17) is 16.4 Å². The minimum absolute atomic E-state index is 0.00404. The monoisotopic (exact) mass is 370 g/mol. The molecule has 0 heterocycles. The average Bonchev–Trinajstić information content (AvgIpc) is 2.62. The molecule has 1 rings (SSSR count). The van der Waals surface area contributed by atoms with E-state index < -0.39 is 5.41 Å². The molecule has 0 saturated heterocycles. The molecule has 0 aliphatic rings. The van der Waals surface area contributed by atoms with Gasteiger partial charge in [-0.2, -0.15) is 0 Å². The Morgan fingerprint density at radius 2 is 2.08 bits per heavy atom. The average molecular weight is 371 g/mol. The van der Waals surface area contributed by atoms with Crippen LogP contribution in [0.1, 0.15) is 51.2 Å². The quantitative estimate of drug-likeness (QED) is 0.352. The summed E-state index contributed by atoms with van der Waals surface area (Å²) in [6.07, 6.45) is 1.73. The molecule has 142 valence electrons. The van der Waals surface area contributed by atoms with Crippen LogP contribution in [0.3, 0.4) is 0 Å². The number of hydrogen-bond acceptors (Lipinski definition) is 5. The van der Waals surface area contributed by atoms with Gasteiger partial charge < -0.3 is 10.2 Å². The lowest BCUT2D eigenvalue weighted by molar-refractivity contribution is -0.122. The van der Waals surface area contributed by atoms with Crippen molar-refractivity contribution in [2.24, 2.45) is 5.34 Å². The molecular formula is C19H31ClN2O3. The molecule has 2 unspecified atom stereocenters. The van der Waals surface area contributed by atoms with Crippen molar-refractivity contribution in [3.8, 4) is 0 Å². The highest BCUT2D eigenvalue weighted by Crippen LogP contribution is 2.32. The van der Waals surface area contributed by atoms with Gasteiger partial charge in [0.1, 0.15) is 6.10 Å². The number of carbonyl (C=O) groups is 1. The van der Waals surface area contributed by atoms with E-state index in [2.05, 4.69) is 10.7 Å². The Bertz CT molecular complexity index is 525. The second-order valence-corrected chi connectivity index (χ2v) is 6.28. The van der Waals surface area contributed by atoms with E-state index in [-0.39, 0.29) is 17.8 Å². The number of halogens is 1. The van der Waals surface area contributed by atoms with Crippen LogP contribution in [0, 0.1) is 11.8 Å². The number of carbonyl (C=O) groups excluding carboxylic acids is 1. The highest BCUT2D eigenvalue weighted by Gasteiger charge is 2.34. The molecule has 0 saturated carbocycles. The van der Waals surface area contributed by atoms with Crippen molar-refractivity contribution in [1.29, 1.82) is 0 Å². The van der Waals surface area contributed by atoms with Gasteiger partial charge in [0, 0.05) is 6.54 Å². The number of rotatable bonds is 11. The molecule has 0 aliphatic heterocycles. The molecule has 1 aromatic carbocycles. The van der Waals surface area contributed by atoms with E-state index in [0.29, 0.717) is 19.4 Å². The van der Waals surface area contributed by atoms with E-state index in [1.807, 2.05) is 52.0 Å². The highest BCUT2D eigenvalue weighted by atomic mass is 35.5. The van der Waals surface area contributed by atoms with Crippen molar-refractivity contribution >= 4 is 17.4 Å². The lowest BCUT2D eigenvalue weighted by Crippen LogP contribution is -2.34. The molecule has 25 heavy (non-hydrogen) atoms. The lowest BCUT2D eigenvalue weighted by Gasteiger charge is -2.29. The van der Waals surface area contributed by atoms with E-state index >= 15 is 0 Å². The number of aryl methyl sites for hydroxylation is 1. The molecule has 6 heteroatoms. The summed E-state index contributed by atoms with van der Waals surface area (Å²) >= 11 is 5.83. The van der Waals surface area contributed by atoms with E-state index in [9.17, 15) is 9.70 Å². The van der Waals surface area contributed by atoms with Crippen LogP contribution in [0.4, 0.5) is 0 Å². The normalized spacial score (nSPS) is 13.8. The first-order chi connectivity index (χ1) is 12.0. The maximum absolute atomic E-state index is 12.4. The first-order valence-corrected chi connectivity index (χ1v) is 9.31. The number of hydrogen-bond donors (Lipinski definition) is 1. The van der Waals surface area contributed by atoms with Gasteiger partial charge in [0.15, 0.2) is 11.1 Å². The van der Waals surface area contributed by atoms with Crippen LogP contribution < -0.4 is 5.32 Å². The van der Waals surface area contributed by atoms with Crippen molar-refractivity contribution < 1.29 is 9.63 Å². The minimum Gasteiger partial charge on any atom is -0.359 e. The fourth-order valence-corrected chi connectivity index (χ4v) is 3.04. The zero-order chi connectivity index (χ0) is 19.3. The molecule has 0 spiro atoms. The predicted octanol–water partition coefficient (Wildman–Crippen LogP) is 4.54. The minimum atomic E-state index is -0.632. The SMILES string of the molecule is CC.CNCC(CCCC(C)(C(=O)CCl)c1cccc(C)c1)ON=O. The number of likely N-dealkylation sites (N-methyl/N-ethyl adjacent to an activating group) is 1. The van der Waals surface area contributed by atoms with E-state index in [1.165, 1.54) is 0 Å². The molecule has 0 radical (unpaired) electrons. The summed E-state index contributed by atoms with van der Waals surface area (Å²) in [4.78, 5) is 27.5. The van der Waals surface area contributed by atoms with Crippen LogP contribution in [-0.2, 0) is 15.0 Å². The van der Waals surface area contributed by atoms with Crippen molar-refractivity contribution in [2.45, 2.75) is 58.5 Å². The lowest BCUT2D eigenvalue weighted by atomic mass is 9.74. The zero-order valence-electron chi connectivity index (χ0n) is 16.0. The summed E-state index contributed by atoms with van der Waals surface area (Å²) in [6.45, 7) is 8.47. The fourth-order valence-electron chi connectivity index (χ4n) is 2.74. The third-order valence-corrected chi connectivity index (χ3v) is 4.46. The first-order valence-electron chi connectivity index (χ1n) is 8.77. The molecule has 5 nitrogen and oxygen atoms in total. The van der Waals surface area contributed by atoms with Crippen molar-refractivity contribution in [3.63, 3.8) is 0 Å². The second-order valence-electron chi connectivity index (χ2n) is 6.01. The van der Waals surface area contributed by atoms with Crippen LogP contribution in [0.25, 0.3) is 0 Å². The Balaban J connectivity index is 0.00000277. The Kier molecular flexibility index (Phi) is 12.1. The summed E-state index contributed by atoms with van der Waals surface area (Å²) in [5.74, 6) is -0.0130. The highest BCUT2D eigenvalue weighted by molar-refractivity contribution is 6.29. The van der Waals surface area contributed by atoms with Crippen LogP contribution in [0.5, 0.6) is 0 Å². The van der Waals surface area contributed by atoms with Crippen LogP contribution in [0.15, 0.2) is 29.6 Å². The van der Waals surface area contributed by atoms with Gasteiger partial charge in [-0.25, -0.2) is 0 Å². The van der Waals surface area contributed by atoms with E-state index in [0.717, 1.165) is 17.5 Å². The van der Waals surface area contributed by atoms with Gasteiger partial charge >= 0.3 is 0 Å². The summed E-state index contributed by atoms with van der Waals surface area (Å²) in [7, 11) is 1.79. The number of alkyl halides is 1. The third kappa shape index (κ3) is 7.53. The zero-order valence-corrected chi connectivity index (χ0v) is 16.7.